The molecule has 0 amide bonds. The second kappa shape index (κ2) is 1.70. The van der Waals surface area contributed by atoms with Crippen LogP contribution < -0.4 is 5.73 Å². The van der Waals surface area contributed by atoms with Crippen molar-refractivity contribution in [3.05, 3.63) is 0 Å². The lowest BCUT2D eigenvalue weighted by atomic mass is 9.88. The second-order valence-electron chi connectivity index (χ2n) is 3.07. The van der Waals surface area contributed by atoms with Gasteiger partial charge in [-0.25, -0.2) is 0 Å². The quantitative estimate of drug-likeness (QED) is 0.464. The summed E-state index contributed by atoms with van der Waals surface area (Å²) in [6.45, 7) is 4.29. The number of carbonyl (C=O) groups is 1. The maximum absolute atomic E-state index is 10.6. The van der Waals surface area contributed by atoms with Crippen molar-refractivity contribution in [3.63, 3.8) is 0 Å². The van der Waals surface area contributed by atoms with Crippen molar-refractivity contribution in [1.82, 2.24) is 0 Å². The van der Waals surface area contributed by atoms with Crippen LogP contribution in [0.5, 0.6) is 0 Å². The molecule has 3 heteroatoms. The third-order valence-corrected chi connectivity index (χ3v) is 1.68. The summed E-state index contributed by atoms with van der Waals surface area (Å²) in [5, 5.41) is 0. The molecule has 1 rings (SSSR count). The van der Waals surface area contributed by atoms with Gasteiger partial charge < -0.3 is 10.5 Å². The molecule has 1 atom stereocenters. The van der Waals surface area contributed by atoms with E-state index in [9.17, 15) is 4.79 Å². The number of cyclic esters (lactones) is 1. The van der Waals surface area contributed by atoms with Crippen molar-refractivity contribution < 1.29 is 9.53 Å². The van der Waals surface area contributed by atoms with E-state index in [-0.39, 0.29) is 11.4 Å². The van der Waals surface area contributed by atoms with Crippen LogP contribution in [0.15, 0.2) is 0 Å². The van der Waals surface area contributed by atoms with Gasteiger partial charge in [0.1, 0.15) is 6.04 Å². The van der Waals surface area contributed by atoms with Gasteiger partial charge in [0, 0.05) is 5.41 Å². The SMILES string of the molecule is CC1(C)COC(=O)C1N. The smallest absolute Gasteiger partial charge is 0.323 e. The monoisotopic (exact) mass is 129 g/mol. The maximum atomic E-state index is 10.6. The summed E-state index contributed by atoms with van der Waals surface area (Å²) in [5.41, 5.74) is 5.31. The molecule has 1 aliphatic rings. The number of rotatable bonds is 0. The van der Waals surface area contributed by atoms with Gasteiger partial charge in [-0.3, -0.25) is 4.79 Å². The van der Waals surface area contributed by atoms with Gasteiger partial charge in [0.05, 0.1) is 6.61 Å². The van der Waals surface area contributed by atoms with Crippen LogP contribution in [0.2, 0.25) is 0 Å². The van der Waals surface area contributed by atoms with Gasteiger partial charge in [0.2, 0.25) is 0 Å². The Kier molecular flexibility index (Phi) is 1.24. The van der Waals surface area contributed by atoms with Crippen molar-refractivity contribution in [2.45, 2.75) is 19.9 Å². The van der Waals surface area contributed by atoms with Crippen LogP contribution in [0.3, 0.4) is 0 Å². The zero-order chi connectivity index (χ0) is 7.07. The predicted octanol–water partition coefficient (Wildman–Crippen LogP) is -0.103. The van der Waals surface area contributed by atoms with Crippen molar-refractivity contribution in [3.8, 4) is 0 Å². The average molecular weight is 129 g/mol. The number of hydrogen-bond acceptors (Lipinski definition) is 3. The minimum absolute atomic E-state index is 0.170. The van der Waals surface area contributed by atoms with E-state index >= 15 is 0 Å². The first-order valence-corrected chi connectivity index (χ1v) is 2.96. The van der Waals surface area contributed by atoms with E-state index < -0.39 is 6.04 Å². The Hall–Kier alpha value is -0.570. The standard InChI is InChI=1S/C6H11NO2/c1-6(2)3-9-5(8)4(6)7/h4H,3,7H2,1-2H3. The summed E-state index contributed by atoms with van der Waals surface area (Å²) in [5.74, 6) is -0.278. The molecule has 1 fully saturated rings. The molecule has 9 heavy (non-hydrogen) atoms. The fraction of sp³-hybridized carbons (Fsp3) is 0.833. The van der Waals surface area contributed by atoms with Crippen LogP contribution in [0, 0.1) is 5.41 Å². The van der Waals surface area contributed by atoms with E-state index in [0.29, 0.717) is 6.61 Å². The molecule has 0 bridgehead atoms. The van der Waals surface area contributed by atoms with Crippen LogP contribution in [0.1, 0.15) is 13.8 Å². The Morgan fingerprint density at radius 1 is 1.78 bits per heavy atom. The van der Waals surface area contributed by atoms with E-state index in [0.717, 1.165) is 0 Å². The molecule has 1 heterocycles. The molecular formula is C6H11NO2. The molecule has 0 aromatic rings. The summed E-state index contributed by atoms with van der Waals surface area (Å²) in [6, 6.07) is -0.433. The predicted molar refractivity (Wildman–Crippen MR) is 32.7 cm³/mol. The molecule has 0 saturated carbocycles. The molecule has 0 aromatic carbocycles. The molecule has 1 saturated heterocycles. The zero-order valence-corrected chi connectivity index (χ0v) is 5.68. The van der Waals surface area contributed by atoms with Crippen LogP contribution >= 0.6 is 0 Å². The Morgan fingerprint density at radius 3 is 2.44 bits per heavy atom. The van der Waals surface area contributed by atoms with E-state index in [1.54, 1.807) is 0 Å². The third-order valence-electron chi connectivity index (χ3n) is 1.68. The Balaban J connectivity index is 2.73. The van der Waals surface area contributed by atoms with Gasteiger partial charge in [-0.15, -0.1) is 0 Å². The highest BCUT2D eigenvalue weighted by molar-refractivity contribution is 5.78. The van der Waals surface area contributed by atoms with Crippen LogP contribution in [-0.2, 0) is 9.53 Å². The summed E-state index contributed by atoms with van der Waals surface area (Å²) in [6.07, 6.45) is 0. The first-order valence-electron chi connectivity index (χ1n) is 2.96. The minimum Gasteiger partial charge on any atom is -0.464 e. The number of hydrogen-bond donors (Lipinski definition) is 1. The Morgan fingerprint density at radius 2 is 2.33 bits per heavy atom. The largest absolute Gasteiger partial charge is 0.464 e. The third kappa shape index (κ3) is 0.920. The summed E-state index contributed by atoms with van der Waals surface area (Å²) in [4.78, 5) is 10.6. The molecule has 2 N–H and O–H groups in total. The molecule has 0 spiro atoms. The van der Waals surface area contributed by atoms with Gasteiger partial charge in [0.15, 0.2) is 0 Å². The van der Waals surface area contributed by atoms with Crippen molar-refractivity contribution >= 4 is 5.97 Å². The van der Waals surface area contributed by atoms with Gasteiger partial charge in [0.25, 0.3) is 0 Å². The number of esters is 1. The molecule has 52 valence electrons. The first-order chi connectivity index (χ1) is 4.04. The average Bonchev–Trinajstić information content (AvgIpc) is 1.97. The van der Waals surface area contributed by atoms with Crippen LogP contribution in [0.25, 0.3) is 0 Å². The highest BCUT2D eigenvalue weighted by Gasteiger charge is 2.40. The second-order valence-corrected chi connectivity index (χ2v) is 3.07. The van der Waals surface area contributed by atoms with Gasteiger partial charge in [-0.05, 0) is 0 Å². The lowest BCUT2D eigenvalue weighted by Crippen LogP contribution is -2.38. The summed E-state index contributed by atoms with van der Waals surface area (Å²) >= 11 is 0. The summed E-state index contributed by atoms with van der Waals surface area (Å²) < 4.78 is 4.72. The Bertz CT molecular complexity index is 142. The highest BCUT2D eigenvalue weighted by Crippen LogP contribution is 2.26. The van der Waals surface area contributed by atoms with Gasteiger partial charge >= 0.3 is 5.97 Å². The molecule has 0 aliphatic carbocycles. The van der Waals surface area contributed by atoms with Gasteiger partial charge in [-0.1, -0.05) is 13.8 Å². The highest BCUT2D eigenvalue weighted by atomic mass is 16.5. The zero-order valence-electron chi connectivity index (χ0n) is 5.68. The van der Waals surface area contributed by atoms with Crippen molar-refractivity contribution in [1.29, 1.82) is 0 Å². The molecule has 1 aliphatic heterocycles. The fourth-order valence-corrected chi connectivity index (χ4v) is 0.756. The lowest BCUT2D eigenvalue weighted by molar-refractivity contribution is -0.139. The van der Waals surface area contributed by atoms with Crippen LogP contribution in [-0.4, -0.2) is 18.6 Å². The lowest BCUT2D eigenvalue weighted by Gasteiger charge is -2.16. The maximum Gasteiger partial charge on any atom is 0.323 e. The number of carbonyl (C=O) groups excluding carboxylic acids is 1. The molecule has 1 unspecified atom stereocenters. The first kappa shape index (κ1) is 6.55. The van der Waals surface area contributed by atoms with E-state index in [4.69, 9.17) is 10.5 Å². The summed E-state index contributed by atoms with van der Waals surface area (Å²) in [7, 11) is 0. The normalized spacial score (nSPS) is 32.3. The molecule has 0 radical (unpaired) electrons. The Labute approximate surface area is 54.2 Å². The minimum atomic E-state index is -0.433. The number of ether oxygens (including phenoxy) is 1. The molecule has 3 nitrogen and oxygen atoms in total. The fourth-order valence-electron chi connectivity index (χ4n) is 0.756. The van der Waals surface area contributed by atoms with Gasteiger partial charge in [-0.2, -0.15) is 0 Å². The van der Waals surface area contributed by atoms with Crippen molar-refractivity contribution in [2.75, 3.05) is 6.61 Å². The topological polar surface area (TPSA) is 52.3 Å². The van der Waals surface area contributed by atoms with E-state index in [1.165, 1.54) is 0 Å². The van der Waals surface area contributed by atoms with Crippen molar-refractivity contribution in [2.24, 2.45) is 11.1 Å². The van der Waals surface area contributed by atoms with E-state index in [2.05, 4.69) is 0 Å². The molecular weight excluding hydrogens is 118 g/mol. The van der Waals surface area contributed by atoms with E-state index in [1.807, 2.05) is 13.8 Å². The van der Waals surface area contributed by atoms with Crippen LogP contribution in [0.4, 0.5) is 0 Å². The number of nitrogens with two attached hydrogens (primary N) is 1. The molecule has 0 aromatic heterocycles.